The third-order valence-corrected chi connectivity index (χ3v) is 3.90. The molecule has 0 radical (unpaired) electrons. The fourth-order valence-corrected chi connectivity index (χ4v) is 2.53. The van der Waals surface area contributed by atoms with Crippen molar-refractivity contribution < 1.29 is 23.8 Å². The van der Waals surface area contributed by atoms with Gasteiger partial charge < -0.3 is 24.8 Å². The van der Waals surface area contributed by atoms with E-state index >= 15 is 0 Å². The Morgan fingerprint density at radius 3 is 2.58 bits per heavy atom. The van der Waals surface area contributed by atoms with E-state index in [9.17, 15) is 9.59 Å². The van der Waals surface area contributed by atoms with Crippen molar-refractivity contribution in [3.8, 4) is 11.5 Å². The van der Waals surface area contributed by atoms with Gasteiger partial charge in [-0.25, -0.2) is 9.59 Å². The van der Waals surface area contributed by atoms with E-state index in [0.29, 0.717) is 29.4 Å². The summed E-state index contributed by atoms with van der Waals surface area (Å²) < 4.78 is 15.6. The Morgan fingerprint density at radius 2 is 1.85 bits per heavy atom. The molecule has 0 aliphatic carbocycles. The van der Waals surface area contributed by atoms with E-state index in [-0.39, 0.29) is 24.8 Å². The van der Waals surface area contributed by atoms with Gasteiger partial charge in [-0.15, -0.1) is 0 Å². The average Bonchev–Trinajstić information content (AvgIpc) is 3.10. The third kappa shape index (κ3) is 4.05. The van der Waals surface area contributed by atoms with Crippen LogP contribution in [0.2, 0.25) is 0 Å². The Kier molecular flexibility index (Phi) is 5.26. The van der Waals surface area contributed by atoms with Crippen molar-refractivity contribution in [3.05, 3.63) is 53.6 Å². The summed E-state index contributed by atoms with van der Waals surface area (Å²) in [5.74, 6) is 0.984. The summed E-state index contributed by atoms with van der Waals surface area (Å²) in [6.45, 7) is 4.16. The molecular weight excluding hydrogens is 336 g/mol. The van der Waals surface area contributed by atoms with Crippen LogP contribution in [0.3, 0.4) is 0 Å². The maximum atomic E-state index is 12.2. The number of esters is 1. The third-order valence-electron chi connectivity index (χ3n) is 3.90. The largest absolute Gasteiger partial charge is 0.462 e. The minimum Gasteiger partial charge on any atom is -0.462 e. The van der Waals surface area contributed by atoms with Crippen LogP contribution in [0.1, 0.15) is 35.8 Å². The number of hydrogen-bond acceptors (Lipinski definition) is 5. The molecule has 0 bridgehead atoms. The SMILES string of the molecule is CCOC(=O)c1ccc(NC(=O)N[C@@H](C)c2ccc3c(c2)OCO3)cc1. The number of urea groups is 1. The molecule has 136 valence electrons. The number of rotatable bonds is 5. The Hall–Kier alpha value is -3.22. The van der Waals surface area contributed by atoms with Crippen LogP contribution in [0.15, 0.2) is 42.5 Å². The lowest BCUT2D eigenvalue weighted by Crippen LogP contribution is -2.31. The maximum Gasteiger partial charge on any atom is 0.338 e. The lowest BCUT2D eigenvalue weighted by Gasteiger charge is -2.15. The molecule has 0 fully saturated rings. The molecule has 0 unspecified atom stereocenters. The summed E-state index contributed by atoms with van der Waals surface area (Å²) in [5, 5.41) is 5.59. The molecule has 2 aromatic rings. The van der Waals surface area contributed by atoms with Crippen LogP contribution in [-0.4, -0.2) is 25.4 Å². The van der Waals surface area contributed by atoms with E-state index in [1.807, 2.05) is 25.1 Å². The number of hydrogen-bond donors (Lipinski definition) is 2. The fraction of sp³-hybridized carbons (Fsp3) is 0.263. The number of ether oxygens (including phenoxy) is 3. The number of nitrogens with one attached hydrogen (secondary N) is 2. The van der Waals surface area contributed by atoms with Gasteiger partial charge in [0.1, 0.15) is 0 Å². The van der Waals surface area contributed by atoms with Crippen molar-refractivity contribution in [2.45, 2.75) is 19.9 Å². The number of carbonyl (C=O) groups is 2. The minimum absolute atomic E-state index is 0.211. The molecule has 7 heteroatoms. The summed E-state index contributed by atoms with van der Waals surface area (Å²) in [5.41, 5.74) is 1.92. The van der Waals surface area contributed by atoms with Crippen LogP contribution in [0, 0.1) is 0 Å². The van der Waals surface area contributed by atoms with Gasteiger partial charge in [0.15, 0.2) is 11.5 Å². The van der Waals surface area contributed by atoms with Gasteiger partial charge in [0, 0.05) is 5.69 Å². The zero-order valence-electron chi connectivity index (χ0n) is 14.6. The molecule has 0 spiro atoms. The second kappa shape index (κ2) is 7.77. The van der Waals surface area contributed by atoms with Crippen LogP contribution in [-0.2, 0) is 4.74 Å². The molecule has 0 saturated heterocycles. The lowest BCUT2D eigenvalue weighted by molar-refractivity contribution is 0.0526. The summed E-state index contributed by atoms with van der Waals surface area (Å²) in [4.78, 5) is 23.8. The standard InChI is InChI=1S/C19H20N2O5/c1-3-24-18(22)13-4-7-15(8-5-13)21-19(23)20-12(2)14-6-9-16-17(10-14)26-11-25-16/h4-10,12H,3,11H2,1-2H3,(H2,20,21,23)/t12-/m0/s1. The summed E-state index contributed by atoms with van der Waals surface area (Å²) in [7, 11) is 0. The first-order chi connectivity index (χ1) is 12.6. The van der Waals surface area contributed by atoms with Crippen LogP contribution < -0.4 is 20.1 Å². The highest BCUT2D eigenvalue weighted by Crippen LogP contribution is 2.34. The van der Waals surface area contributed by atoms with Crippen LogP contribution in [0.5, 0.6) is 11.5 Å². The smallest absolute Gasteiger partial charge is 0.338 e. The quantitative estimate of drug-likeness (QED) is 0.801. The van der Waals surface area contributed by atoms with Gasteiger partial charge >= 0.3 is 12.0 Å². The second-order valence-corrected chi connectivity index (χ2v) is 5.73. The molecule has 1 atom stereocenters. The summed E-state index contributed by atoms with van der Waals surface area (Å²) in [6, 6.07) is 11.5. The van der Waals surface area contributed by atoms with Crippen molar-refractivity contribution in [1.29, 1.82) is 0 Å². The van der Waals surface area contributed by atoms with Gasteiger partial charge in [-0.1, -0.05) is 6.07 Å². The van der Waals surface area contributed by atoms with Gasteiger partial charge in [0.2, 0.25) is 6.79 Å². The Bertz CT molecular complexity index is 804. The van der Waals surface area contributed by atoms with Crippen LogP contribution in [0.4, 0.5) is 10.5 Å². The Labute approximate surface area is 151 Å². The Morgan fingerprint density at radius 1 is 1.12 bits per heavy atom. The first-order valence-corrected chi connectivity index (χ1v) is 8.31. The average molecular weight is 356 g/mol. The molecule has 1 aliphatic heterocycles. The highest BCUT2D eigenvalue weighted by Gasteiger charge is 2.17. The Balaban J connectivity index is 1.57. The van der Waals surface area contributed by atoms with Gasteiger partial charge in [-0.2, -0.15) is 0 Å². The molecule has 2 aromatic carbocycles. The van der Waals surface area contributed by atoms with Gasteiger partial charge in [0.25, 0.3) is 0 Å². The molecule has 1 heterocycles. The number of anilines is 1. The molecule has 2 N–H and O–H groups in total. The molecule has 0 aromatic heterocycles. The topological polar surface area (TPSA) is 85.9 Å². The number of benzene rings is 2. The predicted molar refractivity (Wildman–Crippen MR) is 95.5 cm³/mol. The number of amides is 2. The van der Waals surface area contributed by atoms with E-state index < -0.39 is 0 Å². The molecule has 3 rings (SSSR count). The molecule has 1 aliphatic rings. The van der Waals surface area contributed by atoms with Gasteiger partial charge in [0.05, 0.1) is 18.2 Å². The highest BCUT2D eigenvalue weighted by molar-refractivity contribution is 5.92. The summed E-state index contributed by atoms with van der Waals surface area (Å²) in [6.07, 6.45) is 0. The first kappa shape index (κ1) is 17.6. The van der Waals surface area contributed by atoms with Crippen molar-refractivity contribution in [2.75, 3.05) is 18.7 Å². The van der Waals surface area contributed by atoms with E-state index in [1.54, 1.807) is 31.2 Å². The van der Waals surface area contributed by atoms with Gasteiger partial charge in [-0.3, -0.25) is 0 Å². The van der Waals surface area contributed by atoms with Crippen molar-refractivity contribution in [3.63, 3.8) is 0 Å². The van der Waals surface area contributed by atoms with Crippen molar-refractivity contribution in [1.82, 2.24) is 5.32 Å². The highest BCUT2D eigenvalue weighted by atomic mass is 16.7. The fourth-order valence-electron chi connectivity index (χ4n) is 2.53. The van der Waals surface area contributed by atoms with Crippen LogP contribution in [0.25, 0.3) is 0 Å². The molecule has 7 nitrogen and oxygen atoms in total. The zero-order valence-corrected chi connectivity index (χ0v) is 14.6. The monoisotopic (exact) mass is 356 g/mol. The van der Waals surface area contributed by atoms with E-state index in [1.165, 1.54) is 0 Å². The predicted octanol–water partition coefficient (Wildman–Crippen LogP) is 3.47. The summed E-state index contributed by atoms with van der Waals surface area (Å²) >= 11 is 0. The van der Waals surface area contributed by atoms with E-state index in [2.05, 4.69) is 10.6 Å². The normalized spacial score (nSPS) is 13.0. The number of carbonyl (C=O) groups excluding carboxylic acids is 2. The lowest BCUT2D eigenvalue weighted by atomic mass is 10.1. The minimum atomic E-state index is -0.389. The second-order valence-electron chi connectivity index (χ2n) is 5.73. The van der Waals surface area contributed by atoms with Crippen molar-refractivity contribution in [2.24, 2.45) is 0 Å². The van der Waals surface area contributed by atoms with Crippen LogP contribution >= 0.6 is 0 Å². The zero-order chi connectivity index (χ0) is 18.5. The van der Waals surface area contributed by atoms with Crippen molar-refractivity contribution >= 4 is 17.7 Å². The first-order valence-electron chi connectivity index (χ1n) is 8.31. The van der Waals surface area contributed by atoms with E-state index in [4.69, 9.17) is 14.2 Å². The molecule has 26 heavy (non-hydrogen) atoms. The molecule has 2 amide bonds. The number of fused-ring (bicyclic) bond motifs is 1. The maximum absolute atomic E-state index is 12.2. The molecule has 0 saturated carbocycles. The van der Waals surface area contributed by atoms with Gasteiger partial charge in [-0.05, 0) is 55.8 Å². The molecular formula is C19H20N2O5. The van der Waals surface area contributed by atoms with E-state index in [0.717, 1.165) is 5.56 Å².